The average molecular weight is 165 g/mol. The Balaban J connectivity index is 2.58. The summed E-state index contributed by atoms with van der Waals surface area (Å²) in [7, 11) is 0. The second kappa shape index (κ2) is 2.23. The molecule has 0 radical (unpaired) electrons. The zero-order valence-corrected chi connectivity index (χ0v) is 6.10. The van der Waals surface area contributed by atoms with Crippen LogP contribution in [0.25, 0.3) is 0 Å². The predicted octanol–water partition coefficient (Wildman–Crippen LogP) is -1.01. The molecular weight excluding hydrogens is 158 g/mol. The van der Waals surface area contributed by atoms with Gasteiger partial charge >= 0.3 is 0 Å². The second-order valence-electron chi connectivity index (χ2n) is 2.38. The summed E-state index contributed by atoms with van der Waals surface area (Å²) in [6, 6.07) is 0. The van der Waals surface area contributed by atoms with Crippen molar-refractivity contribution in [3.63, 3.8) is 0 Å². The first-order valence-corrected chi connectivity index (χ1v) is 3.33. The maximum atomic E-state index is 9.46. The van der Waals surface area contributed by atoms with Crippen LogP contribution in [-0.2, 0) is 5.85 Å². The molecule has 4 N–H and O–H groups in total. The van der Waals surface area contributed by atoms with Crippen LogP contribution >= 0.6 is 0 Å². The largest absolute Gasteiger partial charge is 0.352 e. The molecule has 2 heterocycles. The number of rotatable bonds is 0. The number of aromatic nitrogens is 2. The highest BCUT2D eigenvalue weighted by Crippen LogP contribution is 2.22. The van der Waals surface area contributed by atoms with Gasteiger partial charge in [-0.3, -0.25) is 5.73 Å². The first-order chi connectivity index (χ1) is 5.70. The fourth-order valence-corrected chi connectivity index (χ4v) is 0.966. The number of nitrogens with zero attached hydrogens (tertiary/aromatic N) is 3. The molecule has 0 fully saturated rings. The molecule has 0 saturated carbocycles. The molecule has 6 nitrogen and oxygen atoms in total. The third-order valence-electron chi connectivity index (χ3n) is 1.51. The van der Waals surface area contributed by atoms with Gasteiger partial charge in [0.2, 0.25) is 0 Å². The number of nitrogens with two attached hydrogens (primary N) is 1. The quantitative estimate of drug-likeness (QED) is 0.428. The Hall–Kier alpha value is -1.53. The SMILES string of the molecule is NC1(O)N=CNc2nccnc21. The van der Waals surface area contributed by atoms with Crippen molar-refractivity contribution in [1.29, 1.82) is 0 Å². The van der Waals surface area contributed by atoms with Gasteiger partial charge in [0, 0.05) is 12.4 Å². The van der Waals surface area contributed by atoms with Gasteiger partial charge in [0.05, 0.1) is 6.34 Å². The van der Waals surface area contributed by atoms with Crippen molar-refractivity contribution in [2.45, 2.75) is 5.85 Å². The van der Waals surface area contributed by atoms with Crippen molar-refractivity contribution in [3.05, 3.63) is 18.1 Å². The van der Waals surface area contributed by atoms with Gasteiger partial charge in [0.25, 0.3) is 5.85 Å². The Bertz CT molecular complexity index is 334. The molecule has 0 aliphatic carbocycles. The zero-order valence-electron chi connectivity index (χ0n) is 6.10. The summed E-state index contributed by atoms with van der Waals surface area (Å²) in [4.78, 5) is 11.4. The summed E-state index contributed by atoms with van der Waals surface area (Å²) in [6.07, 6.45) is 4.23. The van der Waals surface area contributed by atoms with Gasteiger partial charge in [-0.1, -0.05) is 0 Å². The summed E-state index contributed by atoms with van der Waals surface area (Å²) in [6.45, 7) is 0. The van der Waals surface area contributed by atoms with Crippen LogP contribution in [0.3, 0.4) is 0 Å². The molecule has 2 rings (SSSR count). The molecule has 1 unspecified atom stereocenters. The molecule has 1 aromatic heterocycles. The lowest BCUT2D eigenvalue weighted by Gasteiger charge is -2.22. The van der Waals surface area contributed by atoms with E-state index in [1.807, 2.05) is 0 Å². The molecule has 0 bridgehead atoms. The third kappa shape index (κ3) is 0.936. The van der Waals surface area contributed by atoms with Crippen molar-refractivity contribution in [2.75, 3.05) is 5.32 Å². The Morgan fingerprint density at radius 1 is 1.42 bits per heavy atom. The van der Waals surface area contributed by atoms with Crippen molar-refractivity contribution >= 4 is 12.2 Å². The molecule has 0 spiro atoms. The molecule has 12 heavy (non-hydrogen) atoms. The first kappa shape index (κ1) is 7.14. The van der Waals surface area contributed by atoms with Gasteiger partial charge in [0.1, 0.15) is 0 Å². The summed E-state index contributed by atoms with van der Waals surface area (Å²) in [5, 5.41) is 12.2. The van der Waals surface area contributed by atoms with E-state index in [-0.39, 0.29) is 5.69 Å². The van der Waals surface area contributed by atoms with E-state index < -0.39 is 5.85 Å². The van der Waals surface area contributed by atoms with Crippen molar-refractivity contribution in [3.8, 4) is 0 Å². The van der Waals surface area contributed by atoms with Crippen LogP contribution in [0, 0.1) is 0 Å². The van der Waals surface area contributed by atoms with Gasteiger partial charge in [-0.05, 0) is 0 Å². The minimum absolute atomic E-state index is 0.229. The Morgan fingerprint density at radius 3 is 2.92 bits per heavy atom. The van der Waals surface area contributed by atoms with Crippen molar-refractivity contribution in [1.82, 2.24) is 9.97 Å². The maximum Gasteiger partial charge on any atom is 0.260 e. The molecular formula is C6H7N5O. The summed E-state index contributed by atoms with van der Waals surface area (Å²) < 4.78 is 0. The van der Waals surface area contributed by atoms with Crippen LogP contribution in [0.4, 0.5) is 5.82 Å². The molecule has 0 aromatic carbocycles. The minimum Gasteiger partial charge on any atom is -0.352 e. The molecule has 0 amide bonds. The Morgan fingerprint density at radius 2 is 2.17 bits per heavy atom. The number of aliphatic hydroxyl groups is 1. The van der Waals surface area contributed by atoms with Gasteiger partial charge in [-0.25, -0.2) is 15.0 Å². The highest BCUT2D eigenvalue weighted by molar-refractivity contribution is 5.77. The van der Waals surface area contributed by atoms with Gasteiger partial charge in [-0.2, -0.15) is 0 Å². The van der Waals surface area contributed by atoms with Gasteiger partial charge in [0.15, 0.2) is 11.5 Å². The number of aliphatic imine (C=N–C) groups is 1. The number of fused-ring (bicyclic) bond motifs is 1. The monoisotopic (exact) mass is 165 g/mol. The molecule has 1 atom stereocenters. The smallest absolute Gasteiger partial charge is 0.260 e. The van der Waals surface area contributed by atoms with E-state index in [9.17, 15) is 5.11 Å². The Kier molecular flexibility index (Phi) is 1.32. The number of hydrogen-bond donors (Lipinski definition) is 3. The zero-order chi connectivity index (χ0) is 8.60. The highest BCUT2D eigenvalue weighted by atomic mass is 16.3. The van der Waals surface area contributed by atoms with Crippen LogP contribution in [0.5, 0.6) is 0 Å². The molecule has 1 aliphatic rings. The normalized spacial score (nSPS) is 26.2. The minimum atomic E-state index is -1.76. The van der Waals surface area contributed by atoms with Crippen LogP contribution in [-0.4, -0.2) is 21.4 Å². The van der Waals surface area contributed by atoms with E-state index in [4.69, 9.17) is 5.73 Å². The Labute approximate surface area is 68.2 Å². The maximum absolute atomic E-state index is 9.46. The third-order valence-corrected chi connectivity index (χ3v) is 1.51. The summed E-state index contributed by atoms with van der Waals surface area (Å²) in [5.41, 5.74) is 5.63. The van der Waals surface area contributed by atoms with Gasteiger partial charge in [-0.15, -0.1) is 0 Å². The van der Waals surface area contributed by atoms with Crippen molar-refractivity contribution < 1.29 is 5.11 Å². The standard InChI is InChI=1S/C6H7N5O/c7-6(12)4-5(10-3-11-6)9-2-1-8-4/h1-3,12H,7H2,(H,9,10,11). The number of nitrogens with one attached hydrogen (secondary N) is 1. The lowest BCUT2D eigenvalue weighted by Crippen LogP contribution is -2.39. The average Bonchev–Trinajstić information content (AvgIpc) is 2.04. The van der Waals surface area contributed by atoms with Gasteiger partial charge < -0.3 is 10.4 Å². The van der Waals surface area contributed by atoms with E-state index in [1.54, 1.807) is 0 Å². The van der Waals surface area contributed by atoms with E-state index in [1.165, 1.54) is 18.7 Å². The first-order valence-electron chi connectivity index (χ1n) is 3.33. The van der Waals surface area contributed by atoms with Crippen LogP contribution in [0.15, 0.2) is 17.4 Å². The molecule has 1 aromatic rings. The predicted molar refractivity (Wildman–Crippen MR) is 42.2 cm³/mol. The molecule has 6 heteroatoms. The molecule has 1 aliphatic heterocycles. The molecule has 0 saturated heterocycles. The fraction of sp³-hybridized carbons (Fsp3) is 0.167. The fourth-order valence-electron chi connectivity index (χ4n) is 0.966. The summed E-state index contributed by atoms with van der Waals surface area (Å²) >= 11 is 0. The van der Waals surface area contributed by atoms with Crippen LogP contribution < -0.4 is 11.1 Å². The van der Waals surface area contributed by atoms with Crippen molar-refractivity contribution in [2.24, 2.45) is 10.7 Å². The van der Waals surface area contributed by atoms with Crippen LogP contribution in [0.2, 0.25) is 0 Å². The number of anilines is 1. The highest BCUT2D eigenvalue weighted by Gasteiger charge is 2.30. The van der Waals surface area contributed by atoms with E-state index in [0.29, 0.717) is 5.82 Å². The topological polar surface area (TPSA) is 96.4 Å². The number of hydrogen-bond acceptors (Lipinski definition) is 6. The van der Waals surface area contributed by atoms with E-state index >= 15 is 0 Å². The lowest BCUT2D eigenvalue weighted by atomic mass is 10.2. The van der Waals surface area contributed by atoms with E-state index in [2.05, 4.69) is 20.3 Å². The lowest BCUT2D eigenvalue weighted by molar-refractivity contribution is 0.0491. The summed E-state index contributed by atoms with van der Waals surface area (Å²) in [5.74, 6) is -1.33. The van der Waals surface area contributed by atoms with E-state index in [0.717, 1.165) is 0 Å². The second-order valence-corrected chi connectivity index (χ2v) is 2.38. The van der Waals surface area contributed by atoms with Crippen LogP contribution in [0.1, 0.15) is 5.69 Å². The molecule has 62 valence electrons.